The number of fused-ring (bicyclic) bond motifs is 1. The van der Waals surface area contributed by atoms with Gasteiger partial charge in [-0.05, 0) is 38.8 Å². The topological polar surface area (TPSA) is 93.6 Å². The normalized spacial score (nSPS) is 13.1. The van der Waals surface area contributed by atoms with Crippen LogP contribution in [0.4, 0.5) is 5.88 Å². The Morgan fingerprint density at radius 1 is 0.854 bits per heavy atom. The van der Waals surface area contributed by atoms with Crippen LogP contribution in [-0.4, -0.2) is 52.8 Å². The van der Waals surface area contributed by atoms with Crippen LogP contribution in [-0.2, 0) is 21.7 Å². The Morgan fingerprint density at radius 3 is 2.07 bits per heavy atom. The van der Waals surface area contributed by atoms with Crippen molar-refractivity contribution in [2.45, 2.75) is 124 Å². The first-order valence-corrected chi connectivity index (χ1v) is 17.7. The number of anilines is 1. The lowest BCUT2D eigenvalue weighted by atomic mass is 9.91. The number of nitrogens with zero attached hydrogens (tertiary/aromatic N) is 5. The van der Waals surface area contributed by atoms with E-state index in [0.717, 1.165) is 54.9 Å². The second-order valence-electron chi connectivity index (χ2n) is 12.3. The van der Waals surface area contributed by atoms with Gasteiger partial charge in [-0.1, -0.05) is 85.5 Å². The molecule has 0 unspecified atom stereocenters. The lowest BCUT2D eigenvalue weighted by Crippen LogP contribution is -2.22. The fourth-order valence-corrected chi connectivity index (χ4v) is 6.75. The molecule has 3 aromatic rings. The van der Waals surface area contributed by atoms with Crippen molar-refractivity contribution in [1.29, 1.82) is 0 Å². The molecule has 0 atom stereocenters. The Morgan fingerprint density at radius 2 is 1.46 bits per heavy atom. The summed E-state index contributed by atoms with van der Waals surface area (Å²) in [6.07, 6.45) is 15.0. The quantitative estimate of drug-likeness (QED) is 0.144. The Balaban J connectivity index is 1.58. The molecular weight excluding hydrogens is 534 g/mol. The third kappa shape index (κ3) is 9.83. The van der Waals surface area contributed by atoms with Crippen molar-refractivity contribution < 1.29 is 12.8 Å². The third-order valence-electron chi connectivity index (χ3n) is 7.75. The summed E-state index contributed by atoms with van der Waals surface area (Å²) in [6.45, 7) is 14.6. The van der Waals surface area contributed by atoms with Crippen LogP contribution in [0.15, 0.2) is 16.5 Å². The van der Waals surface area contributed by atoms with E-state index in [1.54, 1.807) is 4.52 Å². The van der Waals surface area contributed by atoms with Crippen molar-refractivity contribution in [2.24, 2.45) is 0 Å². The van der Waals surface area contributed by atoms with Gasteiger partial charge in [0.05, 0.1) is 17.2 Å². The number of hydrogen-bond acceptors (Lipinski definition) is 7. The van der Waals surface area contributed by atoms with Gasteiger partial charge in [-0.3, -0.25) is 0 Å². The van der Waals surface area contributed by atoms with Crippen LogP contribution < -0.4 is 10.1 Å². The fraction of sp³-hybridized carbons (Fsp3) is 0.719. The highest BCUT2D eigenvalue weighted by atomic mass is 32.2. The van der Waals surface area contributed by atoms with E-state index >= 15 is 0 Å². The minimum atomic E-state index is -3.07. The summed E-state index contributed by atoms with van der Waals surface area (Å²) in [5, 5.41) is 14.6. The SMILES string of the molecule is CCCCCCCCCCCCS(=O)(=O)CCCc1nnc2c(=Cc3ccc(N(CC)CC)o3)c(C(C)(C)C)nn12. The zero-order valence-corrected chi connectivity index (χ0v) is 27.2. The largest absolute Gasteiger partial charge is 0.441 e. The van der Waals surface area contributed by atoms with E-state index in [4.69, 9.17) is 9.52 Å². The first-order chi connectivity index (χ1) is 19.6. The van der Waals surface area contributed by atoms with Crippen molar-refractivity contribution >= 4 is 27.4 Å². The number of hydrogen-bond donors (Lipinski definition) is 0. The van der Waals surface area contributed by atoms with Gasteiger partial charge in [0, 0.05) is 36.2 Å². The second-order valence-corrected chi connectivity index (χ2v) is 14.6. The van der Waals surface area contributed by atoms with Gasteiger partial charge in [0.25, 0.3) is 0 Å². The monoisotopic (exact) mass is 587 g/mol. The van der Waals surface area contributed by atoms with Crippen LogP contribution in [0.25, 0.3) is 11.7 Å². The lowest BCUT2D eigenvalue weighted by Gasteiger charge is -2.16. The average molecular weight is 588 g/mol. The number of sulfone groups is 1. The van der Waals surface area contributed by atoms with E-state index in [0.29, 0.717) is 24.3 Å². The molecule has 0 fully saturated rings. The highest BCUT2D eigenvalue weighted by Crippen LogP contribution is 2.22. The van der Waals surface area contributed by atoms with Crippen LogP contribution in [0.5, 0.6) is 0 Å². The molecule has 0 aliphatic carbocycles. The van der Waals surface area contributed by atoms with E-state index in [1.165, 1.54) is 44.9 Å². The van der Waals surface area contributed by atoms with Crippen LogP contribution in [0.1, 0.15) is 129 Å². The molecule has 0 N–H and O–H groups in total. The van der Waals surface area contributed by atoms with E-state index in [9.17, 15) is 8.42 Å². The van der Waals surface area contributed by atoms with Crippen LogP contribution >= 0.6 is 0 Å². The molecule has 8 nitrogen and oxygen atoms in total. The Hall–Kier alpha value is -2.42. The van der Waals surface area contributed by atoms with Gasteiger partial charge in [-0.15, -0.1) is 10.2 Å². The molecule has 0 spiro atoms. The number of rotatable bonds is 19. The number of aryl methyl sites for hydroxylation is 1. The molecule has 3 rings (SSSR count). The molecule has 230 valence electrons. The summed E-state index contributed by atoms with van der Waals surface area (Å²) in [4.78, 5) is 2.17. The molecule has 0 bridgehead atoms. The van der Waals surface area contributed by atoms with Crippen molar-refractivity contribution in [2.75, 3.05) is 29.5 Å². The van der Waals surface area contributed by atoms with Gasteiger partial charge in [0.1, 0.15) is 15.6 Å². The smallest absolute Gasteiger partial charge is 0.196 e. The number of furan rings is 1. The van der Waals surface area contributed by atoms with Crippen molar-refractivity contribution in [3.63, 3.8) is 0 Å². The van der Waals surface area contributed by atoms with Crippen LogP contribution in [0.2, 0.25) is 0 Å². The van der Waals surface area contributed by atoms with Gasteiger partial charge in [-0.2, -0.15) is 9.61 Å². The summed E-state index contributed by atoms with van der Waals surface area (Å²) in [6, 6.07) is 3.97. The number of aromatic nitrogens is 4. The second kappa shape index (κ2) is 15.7. The van der Waals surface area contributed by atoms with Crippen molar-refractivity contribution in [3.05, 3.63) is 34.6 Å². The molecule has 0 amide bonds. The third-order valence-corrected chi connectivity index (χ3v) is 9.57. The highest BCUT2D eigenvalue weighted by Gasteiger charge is 2.24. The maximum absolute atomic E-state index is 12.7. The molecule has 0 aromatic carbocycles. The predicted octanol–water partition coefficient (Wildman–Crippen LogP) is 6.68. The molecule has 0 aliphatic heterocycles. The maximum atomic E-state index is 12.7. The fourth-order valence-electron chi connectivity index (χ4n) is 5.32. The average Bonchev–Trinajstić information content (AvgIpc) is 3.63. The zero-order valence-electron chi connectivity index (χ0n) is 26.4. The minimum Gasteiger partial charge on any atom is -0.441 e. The number of unbranched alkanes of at least 4 members (excludes halogenated alkanes) is 9. The van der Waals surface area contributed by atoms with Gasteiger partial charge in [0.2, 0.25) is 0 Å². The summed E-state index contributed by atoms with van der Waals surface area (Å²) in [5.41, 5.74) is 1.38. The summed E-state index contributed by atoms with van der Waals surface area (Å²) >= 11 is 0. The Kier molecular flexibility index (Phi) is 12.7. The molecule has 0 saturated carbocycles. The molecule has 0 radical (unpaired) electrons. The van der Waals surface area contributed by atoms with E-state index in [-0.39, 0.29) is 16.9 Å². The Labute approximate surface area is 247 Å². The molecule has 0 saturated heterocycles. The Bertz CT molecular complexity index is 1350. The van der Waals surface area contributed by atoms with Crippen LogP contribution in [0, 0.1) is 0 Å². The zero-order chi connectivity index (χ0) is 29.9. The predicted molar refractivity (Wildman–Crippen MR) is 169 cm³/mol. The van der Waals surface area contributed by atoms with Gasteiger partial charge in [-0.25, -0.2) is 8.42 Å². The maximum Gasteiger partial charge on any atom is 0.196 e. The van der Waals surface area contributed by atoms with E-state index in [2.05, 4.69) is 56.6 Å². The summed E-state index contributed by atoms with van der Waals surface area (Å²) in [7, 11) is -3.07. The summed E-state index contributed by atoms with van der Waals surface area (Å²) in [5.74, 6) is 2.73. The standard InChI is InChI=1S/C32H53N5O3S/c1-7-10-11-12-13-14-15-16-17-18-23-41(38,39)24-19-20-28-33-34-31-27(30(32(4,5)6)35-37(28)31)25-26-21-22-29(40-26)36(8-2)9-3/h21-22,25H,7-20,23-24H2,1-6H3. The van der Waals surface area contributed by atoms with E-state index < -0.39 is 9.84 Å². The van der Waals surface area contributed by atoms with Gasteiger partial charge >= 0.3 is 0 Å². The molecule has 9 heteroatoms. The van der Waals surface area contributed by atoms with Crippen molar-refractivity contribution in [3.8, 4) is 0 Å². The van der Waals surface area contributed by atoms with E-state index in [1.807, 2.05) is 18.2 Å². The molecule has 41 heavy (non-hydrogen) atoms. The van der Waals surface area contributed by atoms with Gasteiger partial charge < -0.3 is 9.32 Å². The van der Waals surface area contributed by atoms with Crippen LogP contribution in [0.3, 0.4) is 0 Å². The van der Waals surface area contributed by atoms with Crippen molar-refractivity contribution in [1.82, 2.24) is 19.8 Å². The lowest BCUT2D eigenvalue weighted by molar-refractivity contribution is 0.539. The molecule has 3 aromatic heterocycles. The molecule has 3 heterocycles. The minimum absolute atomic E-state index is 0.172. The van der Waals surface area contributed by atoms with Gasteiger partial charge in [0.15, 0.2) is 17.4 Å². The first kappa shape index (κ1) is 33.1. The molecule has 0 aliphatic rings. The first-order valence-electron chi connectivity index (χ1n) is 15.9. The highest BCUT2D eigenvalue weighted by molar-refractivity contribution is 7.91. The summed E-state index contributed by atoms with van der Waals surface area (Å²) < 4.78 is 33.2. The molecular formula is C32H53N5O3S.